The predicted octanol–water partition coefficient (Wildman–Crippen LogP) is -2.89. The van der Waals surface area contributed by atoms with Gasteiger partial charge in [0.25, 0.3) is 10.1 Å². The Hall–Kier alpha value is 0.850. The van der Waals surface area contributed by atoms with E-state index in [-0.39, 0.29) is 75.2 Å². The maximum absolute atomic E-state index is 11.8. The van der Waals surface area contributed by atoms with Crippen molar-refractivity contribution < 1.29 is 94.0 Å². The number of ether oxygens (including phenoxy) is 2. The Bertz CT molecular complexity index is 480. The molecule has 7 nitrogen and oxygen atoms in total. The third-order valence-electron chi connectivity index (χ3n) is 3.48. The number of unbranched alkanes of at least 4 members (excludes halogenated alkanes) is 6. The number of rotatable bonds is 14. The molecule has 0 fully saturated rings. The van der Waals surface area contributed by atoms with Gasteiger partial charge in [-0.25, -0.2) is 0 Å². The molecule has 0 saturated carbocycles. The predicted molar refractivity (Wildman–Crippen MR) is 92.4 cm³/mol. The van der Waals surface area contributed by atoms with Gasteiger partial charge >= 0.3 is 71.1 Å². The van der Waals surface area contributed by atoms with Gasteiger partial charge in [-0.05, 0) is 12.8 Å². The Morgan fingerprint density at radius 3 is 1.77 bits per heavy atom. The molecule has 0 amide bonds. The monoisotopic (exact) mass is 414 g/mol. The van der Waals surface area contributed by atoms with Crippen molar-refractivity contribution in [2.75, 3.05) is 13.2 Å². The third kappa shape index (κ3) is 17.0. The van der Waals surface area contributed by atoms with Gasteiger partial charge in [-0.2, -0.15) is 8.42 Å². The Labute approximate surface area is 204 Å². The van der Waals surface area contributed by atoms with Crippen molar-refractivity contribution in [1.29, 1.82) is 0 Å². The molecule has 0 aromatic rings. The molecule has 0 aromatic carbocycles. The molecule has 1 atom stereocenters. The van der Waals surface area contributed by atoms with E-state index in [1.54, 1.807) is 0 Å². The van der Waals surface area contributed by atoms with Crippen LogP contribution in [0.2, 0.25) is 0 Å². The van der Waals surface area contributed by atoms with Crippen molar-refractivity contribution in [2.45, 2.75) is 76.9 Å². The number of hydrogen-bond donors (Lipinski definition) is 1. The number of hydrogen-bond acceptors (Lipinski definition) is 6. The molecule has 0 spiro atoms. The van der Waals surface area contributed by atoms with Crippen molar-refractivity contribution in [3.8, 4) is 0 Å². The molecule has 0 saturated heterocycles. The van der Waals surface area contributed by atoms with Crippen LogP contribution in [0.25, 0.3) is 0 Å². The first-order chi connectivity index (χ1) is 11.3. The molecule has 0 aromatic heterocycles. The number of carbonyl (C=O) groups excluding carboxylic acids is 2. The van der Waals surface area contributed by atoms with Gasteiger partial charge < -0.3 is 12.3 Å². The first kappa shape index (κ1) is 31.5. The Kier molecular flexibility index (Phi) is 23.3. The summed E-state index contributed by atoms with van der Waals surface area (Å²) >= 11 is 0. The maximum atomic E-state index is 11.8. The second-order valence-corrected chi connectivity index (χ2v) is 7.32. The van der Waals surface area contributed by atoms with Crippen molar-refractivity contribution in [3.63, 3.8) is 0 Å². The summed E-state index contributed by atoms with van der Waals surface area (Å²) in [5, 5.41) is -1.92. The Balaban J connectivity index is -0.000000441. The van der Waals surface area contributed by atoms with Gasteiger partial charge in [-0.15, -0.1) is 0 Å². The SMILES string of the molecule is CCCCCCOC(=O)CC(C(=O)OCCCCCC)S(=O)(=O)O.[H-].[H-].[Na+].[Na+]. The quantitative estimate of drug-likeness (QED) is 0.141. The minimum Gasteiger partial charge on any atom is -1.00 e. The van der Waals surface area contributed by atoms with E-state index < -0.39 is 33.7 Å². The molecule has 146 valence electrons. The molecule has 0 rings (SSSR count). The van der Waals surface area contributed by atoms with Crippen LogP contribution in [0.5, 0.6) is 0 Å². The van der Waals surface area contributed by atoms with Gasteiger partial charge in [0.15, 0.2) is 5.25 Å². The fraction of sp³-hybridized carbons (Fsp3) is 0.875. The standard InChI is InChI=1S/C16H30O7S.2Na.2H/c1-3-5-7-9-11-22-15(17)13-14(24(19,20)21)16(18)23-12-10-8-6-4-2;;;;/h14H,3-13H2,1-2H3,(H,19,20,21);;;;/q;2*+1;2*-1. The Morgan fingerprint density at radius 1 is 0.885 bits per heavy atom. The van der Waals surface area contributed by atoms with Gasteiger partial charge in [0.1, 0.15) is 0 Å². The Morgan fingerprint density at radius 2 is 1.35 bits per heavy atom. The van der Waals surface area contributed by atoms with Gasteiger partial charge in [0.05, 0.1) is 19.6 Å². The van der Waals surface area contributed by atoms with Crippen LogP contribution in [0.15, 0.2) is 0 Å². The second kappa shape index (κ2) is 19.2. The fourth-order valence-corrected chi connectivity index (χ4v) is 2.69. The molecule has 1 unspecified atom stereocenters. The molecule has 0 heterocycles. The molecule has 0 radical (unpaired) electrons. The molecule has 0 aliphatic carbocycles. The number of esters is 2. The minimum absolute atomic E-state index is 0. The van der Waals surface area contributed by atoms with Crippen LogP contribution in [-0.4, -0.2) is 43.4 Å². The third-order valence-corrected chi connectivity index (χ3v) is 4.56. The zero-order chi connectivity index (χ0) is 18.4. The summed E-state index contributed by atoms with van der Waals surface area (Å²) in [5.74, 6) is -1.95. The van der Waals surface area contributed by atoms with Gasteiger partial charge in [-0.3, -0.25) is 14.1 Å². The second-order valence-electron chi connectivity index (χ2n) is 5.72. The van der Waals surface area contributed by atoms with E-state index in [4.69, 9.17) is 14.0 Å². The zero-order valence-corrected chi connectivity index (χ0v) is 21.5. The van der Waals surface area contributed by atoms with E-state index in [1.807, 2.05) is 6.92 Å². The minimum atomic E-state index is -4.72. The van der Waals surface area contributed by atoms with Gasteiger partial charge in [-0.1, -0.05) is 52.4 Å². The molecule has 0 aliphatic heterocycles. The van der Waals surface area contributed by atoms with Crippen LogP contribution >= 0.6 is 0 Å². The van der Waals surface area contributed by atoms with E-state index in [0.29, 0.717) is 12.8 Å². The van der Waals surface area contributed by atoms with Crippen molar-refractivity contribution >= 4 is 22.1 Å². The summed E-state index contributed by atoms with van der Waals surface area (Å²) in [6.45, 7) is 4.32. The van der Waals surface area contributed by atoms with Crippen LogP contribution in [0.4, 0.5) is 0 Å². The average Bonchev–Trinajstić information content (AvgIpc) is 2.51. The van der Waals surface area contributed by atoms with E-state index in [2.05, 4.69) is 6.92 Å². The van der Waals surface area contributed by atoms with Crippen LogP contribution in [0.3, 0.4) is 0 Å². The first-order valence-electron chi connectivity index (χ1n) is 8.61. The molecule has 1 N–H and O–H groups in total. The molecule has 26 heavy (non-hydrogen) atoms. The van der Waals surface area contributed by atoms with E-state index in [0.717, 1.165) is 38.5 Å². The number of carbonyl (C=O) groups is 2. The van der Waals surface area contributed by atoms with Gasteiger partial charge in [0.2, 0.25) is 0 Å². The normalized spacial score (nSPS) is 11.7. The largest absolute Gasteiger partial charge is 1.00 e. The van der Waals surface area contributed by atoms with E-state index >= 15 is 0 Å². The summed E-state index contributed by atoms with van der Waals surface area (Å²) < 4.78 is 41.5. The average molecular weight is 414 g/mol. The molecule has 10 heteroatoms. The van der Waals surface area contributed by atoms with Crippen LogP contribution in [-0.2, 0) is 29.2 Å². The van der Waals surface area contributed by atoms with E-state index in [9.17, 15) is 18.0 Å². The van der Waals surface area contributed by atoms with Crippen molar-refractivity contribution in [3.05, 3.63) is 0 Å². The maximum Gasteiger partial charge on any atom is 1.00 e. The molecule has 0 bridgehead atoms. The zero-order valence-electron chi connectivity index (χ0n) is 18.7. The van der Waals surface area contributed by atoms with Crippen molar-refractivity contribution in [2.24, 2.45) is 0 Å². The summed E-state index contributed by atoms with van der Waals surface area (Å²) in [6.07, 6.45) is 6.40. The summed E-state index contributed by atoms with van der Waals surface area (Å²) in [7, 11) is -4.72. The topological polar surface area (TPSA) is 107 Å². The summed E-state index contributed by atoms with van der Waals surface area (Å²) in [5.41, 5.74) is 0. The first-order valence-corrected chi connectivity index (χ1v) is 10.1. The summed E-state index contributed by atoms with van der Waals surface area (Å²) in [6, 6.07) is 0. The molecular weight excluding hydrogens is 382 g/mol. The molecule has 0 aliphatic rings. The van der Waals surface area contributed by atoms with Crippen molar-refractivity contribution in [1.82, 2.24) is 0 Å². The molecular formula is C16H32Na2O7S. The van der Waals surface area contributed by atoms with Crippen LogP contribution in [0, 0.1) is 0 Å². The summed E-state index contributed by atoms with van der Waals surface area (Å²) in [4.78, 5) is 23.5. The van der Waals surface area contributed by atoms with Crippen LogP contribution in [0.1, 0.15) is 74.5 Å². The fourth-order valence-electron chi connectivity index (χ4n) is 2.03. The van der Waals surface area contributed by atoms with Crippen LogP contribution < -0.4 is 59.1 Å². The smallest absolute Gasteiger partial charge is 1.00 e. The van der Waals surface area contributed by atoms with E-state index in [1.165, 1.54) is 0 Å². The van der Waals surface area contributed by atoms with Gasteiger partial charge in [0, 0.05) is 0 Å².